The highest BCUT2D eigenvalue weighted by molar-refractivity contribution is 5.93. The fraction of sp³-hybridized carbons (Fsp3) is 0.176. The van der Waals surface area contributed by atoms with E-state index in [2.05, 4.69) is 10.6 Å². The highest BCUT2D eigenvalue weighted by Gasteiger charge is 2.05. The Morgan fingerprint density at radius 1 is 0.955 bits per heavy atom. The van der Waals surface area contributed by atoms with Crippen LogP contribution in [0.15, 0.2) is 48.5 Å². The monoisotopic (exact) mass is 300 g/mol. The molecule has 0 radical (unpaired) electrons. The first-order valence-corrected chi connectivity index (χ1v) is 6.90. The van der Waals surface area contributed by atoms with Crippen LogP contribution < -0.4 is 10.6 Å². The number of rotatable bonds is 5. The molecule has 0 saturated carbocycles. The van der Waals surface area contributed by atoms with E-state index in [0.717, 1.165) is 11.1 Å². The van der Waals surface area contributed by atoms with Crippen molar-refractivity contribution in [3.8, 4) is 0 Å². The average molecular weight is 300 g/mol. The van der Waals surface area contributed by atoms with E-state index in [9.17, 15) is 14.0 Å². The Labute approximate surface area is 128 Å². The molecule has 2 aromatic rings. The minimum absolute atomic E-state index is 0.137. The topological polar surface area (TPSA) is 58.2 Å². The van der Waals surface area contributed by atoms with Crippen molar-refractivity contribution in [2.45, 2.75) is 13.0 Å². The Morgan fingerprint density at radius 3 is 2.14 bits per heavy atom. The van der Waals surface area contributed by atoms with Gasteiger partial charge in [0.15, 0.2) is 0 Å². The molecule has 0 unspecified atom stereocenters. The lowest BCUT2D eigenvalue weighted by Gasteiger charge is -2.06. The van der Waals surface area contributed by atoms with E-state index in [1.807, 2.05) is 0 Å². The molecule has 0 spiro atoms. The van der Waals surface area contributed by atoms with Crippen molar-refractivity contribution in [2.24, 2.45) is 0 Å². The molecule has 0 heterocycles. The summed E-state index contributed by atoms with van der Waals surface area (Å²) in [6.07, 6.45) is 0.205. The third-order valence-corrected chi connectivity index (χ3v) is 3.21. The van der Waals surface area contributed by atoms with Gasteiger partial charge in [-0.25, -0.2) is 4.39 Å². The molecule has 2 amide bonds. The normalized spacial score (nSPS) is 10.1. The summed E-state index contributed by atoms with van der Waals surface area (Å²) in [5, 5.41) is 5.34. The summed E-state index contributed by atoms with van der Waals surface area (Å²) in [7, 11) is 1.58. The molecule has 0 aliphatic heterocycles. The number of carbonyl (C=O) groups is 2. The molecule has 0 saturated heterocycles. The van der Waals surface area contributed by atoms with Crippen LogP contribution in [-0.4, -0.2) is 18.9 Å². The van der Waals surface area contributed by atoms with Crippen LogP contribution in [0.4, 0.5) is 4.39 Å². The molecule has 2 N–H and O–H groups in total. The Balaban J connectivity index is 1.85. The number of hydrogen-bond acceptors (Lipinski definition) is 2. The summed E-state index contributed by atoms with van der Waals surface area (Å²) in [5.74, 6) is -0.603. The lowest BCUT2D eigenvalue weighted by Crippen LogP contribution is -2.24. The predicted molar refractivity (Wildman–Crippen MR) is 81.8 cm³/mol. The summed E-state index contributed by atoms with van der Waals surface area (Å²) in [4.78, 5) is 23.2. The molecule has 2 rings (SSSR count). The zero-order valence-corrected chi connectivity index (χ0v) is 12.2. The van der Waals surface area contributed by atoms with Crippen LogP contribution in [0.3, 0.4) is 0 Å². The van der Waals surface area contributed by atoms with Gasteiger partial charge in [-0.05, 0) is 35.4 Å². The van der Waals surface area contributed by atoms with Gasteiger partial charge in [-0.2, -0.15) is 0 Å². The van der Waals surface area contributed by atoms with E-state index in [1.165, 1.54) is 12.1 Å². The van der Waals surface area contributed by atoms with Crippen LogP contribution in [0.5, 0.6) is 0 Å². The van der Waals surface area contributed by atoms with Gasteiger partial charge in [0.1, 0.15) is 5.82 Å². The largest absolute Gasteiger partial charge is 0.355 e. The molecule has 0 aliphatic carbocycles. The summed E-state index contributed by atoms with van der Waals surface area (Å²) in [6.45, 7) is 0.383. The zero-order valence-electron chi connectivity index (χ0n) is 12.2. The van der Waals surface area contributed by atoms with Crippen LogP contribution in [0.2, 0.25) is 0 Å². The Hall–Kier alpha value is -2.69. The molecule has 2 aromatic carbocycles. The van der Waals surface area contributed by atoms with Crippen molar-refractivity contribution in [3.63, 3.8) is 0 Å². The lowest BCUT2D eigenvalue weighted by molar-refractivity contribution is -0.120. The quantitative estimate of drug-likeness (QED) is 0.888. The molecule has 0 aliphatic rings. The van der Waals surface area contributed by atoms with Crippen LogP contribution >= 0.6 is 0 Å². The number of amides is 2. The van der Waals surface area contributed by atoms with E-state index in [1.54, 1.807) is 43.4 Å². The summed E-state index contributed by atoms with van der Waals surface area (Å²) < 4.78 is 12.8. The summed E-state index contributed by atoms with van der Waals surface area (Å²) >= 11 is 0. The standard InChI is InChI=1S/C17H17FN2O2/c1-19-17(22)14-6-2-13(3-7-14)11-20-16(21)10-12-4-8-15(18)9-5-12/h2-9H,10-11H2,1H3,(H,19,22)(H,20,21). The maximum absolute atomic E-state index is 12.8. The van der Waals surface area contributed by atoms with Crippen molar-refractivity contribution in [2.75, 3.05) is 7.05 Å². The third-order valence-electron chi connectivity index (χ3n) is 3.21. The lowest BCUT2D eigenvalue weighted by atomic mass is 10.1. The van der Waals surface area contributed by atoms with Gasteiger partial charge in [-0.15, -0.1) is 0 Å². The SMILES string of the molecule is CNC(=O)c1ccc(CNC(=O)Cc2ccc(F)cc2)cc1. The number of halogens is 1. The first kappa shape index (κ1) is 15.7. The molecule has 0 aromatic heterocycles. The van der Waals surface area contributed by atoms with Gasteiger partial charge in [0.25, 0.3) is 5.91 Å². The number of nitrogens with one attached hydrogen (secondary N) is 2. The van der Waals surface area contributed by atoms with Crippen molar-refractivity contribution < 1.29 is 14.0 Å². The van der Waals surface area contributed by atoms with Crippen LogP contribution in [0, 0.1) is 5.82 Å². The molecule has 4 nitrogen and oxygen atoms in total. The smallest absolute Gasteiger partial charge is 0.251 e. The highest BCUT2D eigenvalue weighted by atomic mass is 19.1. The summed E-state index contributed by atoms with van der Waals surface area (Å²) in [6, 6.07) is 12.9. The molecule has 0 fully saturated rings. The second-order valence-electron chi connectivity index (χ2n) is 4.86. The number of benzene rings is 2. The van der Waals surface area contributed by atoms with Gasteiger partial charge in [0.2, 0.25) is 5.91 Å². The summed E-state index contributed by atoms with van der Waals surface area (Å²) in [5.41, 5.74) is 2.23. The van der Waals surface area contributed by atoms with E-state index >= 15 is 0 Å². The molecular formula is C17H17FN2O2. The maximum atomic E-state index is 12.8. The molecular weight excluding hydrogens is 283 g/mol. The van der Waals surface area contributed by atoms with Gasteiger partial charge in [-0.3, -0.25) is 9.59 Å². The molecule has 5 heteroatoms. The first-order valence-electron chi connectivity index (χ1n) is 6.90. The second kappa shape index (κ2) is 7.36. The van der Waals surface area contributed by atoms with Gasteiger partial charge < -0.3 is 10.6 Å². The molecule has 114 valence electrons. The Morgan fingerprint density at radius 2 is 1.55 bits per heavy atom. The first-order chi connectivity index (χ1) is 10.6. The molecule has 0 bridgehead atoms. The van der Waals surface area contributed by atoms with Crippen molar-refractivity contribution in [1.82, 2.24) is 10.6 Å². The minimum atomic E-state index is -0.319. The van der Waals surface area contributed by atoms with Crippen molar-refractivity contribution in [3.05, 3.63) is 71.0 Å². The van der Waals surface area contributed by atoms with Gasteiger partial charge in [-0.1, -0.05) is 24.3 Å². The zero-order chi connectivity index (χ0) is 15.9. The number of carbonyl (C=O) groups excluding carboxylic acids is 2. The van der Waals surface area contributed by atoms with Gasteiger partial charge in [0, 0.05) is 19.2 Å². The maximum Gasteiger partial charge on any atom is 0.251 e. The van der Waals surface area contributed by atoms with Gasteiger partial charge >= 0.3 is 0 Å². The molecule has 0 atom stereocenters. The fourth-order valence-electron chi connectivity index (χ4n) is 1.97. The van der Waals surface area contributed by atoms with Crippen molar-refractivity contribution in [1.29, 1.82) is 0 Å². The third kappa shape index (κ3) is 4.41. The van der Waals surface area contributed by atoms with E-state index in [4.69, 9.17) is 0 Å². The Bertz CT molecular complexity index is 651. The van der Waals surface area contributed by atoms with Crippen LogP contribution in [0.25, 0.3) is 0 Å². The Kier molecular flexibility index (Phi) is 5.25. The van der Waals surface area contributed by atoms with E-state index < -0.39 is 0 Å². The van der Waals surface area contributed by atoms with Gasteiger partial charge in [0.05, 0.1) is 6.42 Å². The fourth-order valence-corrected chi connectivity index (χ4v) is 1.97. The molecule has 22 heavy (non-hydrogen) atoms. The van der Waals surface area contributed by atoms with Crippen LogP contribution in [-0.2, 0) is 17.8 Å². The second-order valence-corrected chi connectivity index (χ2v) is 4.86. The highest BCUT2D eigenvalue weighted by Crippen LogP contribution is 2.06. The predicted octanol–water partition coefficient (Wildman–Crippen LogP) is 2.04. The van der Waals surface area contributed by atoms with Crippen LogP contribution in [0.1, 0.15) is 21.5 Å². The van der Waals surface area contributed by atoms with Crippen molar-refractivity contribution >= 4 is 11.8 Å². The van der Waals surface area contributed by atoms with E-state index in [-0.39, 0.29) is 24.1 Å². The minimum Gasteiger partial charge on any atom is -0.355 e. The average Bonchev–Trinajstić information content (AvgIpc) is 2.55. The van der Waals surface area contributed by atoms with E-state index in [0.29, 0.717) is 12.1 Å². The number of hydrogen-bond donors (Lipinski definition) is 2.